The summed E-state index contributed by atoms with van der Waals surface area (Å²) in [4.78, 5) is 0. The van der Waals surface area contributed by atoms with Crippen LogP contribution in [0.1, 0.15) is 66.8 Å². The Kier molecular flexibility index (Phi) is 11.6. The van der Waals surface area contributed by atoms with Gasteiger partial charge >= 0.3 is 0 Å². The van der Waals surface area contributed by atoms with Gasteiger partial charge in [-0.1, -0.05) is 125 Å². The molecule has 0 N–H and O–H groups in total. The number of nitriles is 1. The van der Waals surface area contributed by atoms with Crippen LogP contribution in [0.2, 0.25) is 0 Å². The van der Waals surface area contributed by atoms with Crippen molar-refractivity contribution < 1.29 is 4.39 Å². The lowest BCUT2D eigenvalue weighted by atomic mass is 9.92. The Balaban J connectivity index is 1.22. The van der Waals surface area contributed by atoms with Gasteiger partial charge in [-0.05, 0) is 226 Å². The molecule has 2 aromatic heterocycles. The maximum atomic E-state index is 17.7. The average Bonchev–Trinajstić information content (AvgIpc) is 4.03. The van der Waals surface area contributed by atoms with Crippen LogP contribution in [0.5, 0.6) is 0 Å². The van der Waals surface area contributed by atoms with Crippen molar-refractivity contribution in [1.82, 2.24) is 9.13 Å². The molecule has 76 heavy (non-hydrogen) atoms. The minimum absolute atomic E-state index is 0.357. The normalized spacial score (nSPS) is 11.7. The molecule has 0 aliphatic rings. The van der Waals surface area contributed by atoms with Crippen LogP contribution >= 0.6 is 0 Å². The number of aryl methyl sites for hydroxylation is 11. The van der Waals surface area contributed by atoms with Crippen molar-refractivity contribution in [3.8, 4) is 73.1 Å². The van der Waals surface area contributed by atoms with Crippen molar-refractivity contribution >= 4 is 43.6 Å². The summed E-state index contributed by atoms with van der Waals surface area (Å²) in [6.07, 6.45) is 0. The number of hydrogen-bond acceptors (Lipinski definition) is 1. The summed E-state index contributed by atoms with van der Waals surface area (Å²) in [5.41, 5.74) is 30.3. The van der Waals surface area contributed by atoms with Crippen molar-refractivity contribution in [2.45, 2.75) is 76.2 Å². The van der Waals surface area contributed by atoms with Gasteiger partial charge < -0.3 is 9.13 Å². The fourth-order valence-corrected chi connectivity index (χ4v) is 13.2. The molecular weight excluding hydrogens is 926 g/mol. The zero-order valence-electron chi connectivity index (χ0n) is 45.3. The van der Waals surface area contributed by atoms with E-state index < -0.39 is 0 Å². The van der Waals surface area contributed by atoms with E-state index in [9.17, 15) is 5.26 Å². The Morgan fingerprint density at radius 3 is 1.13 bits per heavy atom. The van der Waals surface area contributed by atoms with Crippen molar-refractivity contribution in [1.29, 1.82) is 5.26 Å². The van der Waals surface area contributed by atoms with Crippen LogP contribution in [0.3, 0.4) is 0 Å². The molecule has 0 atom stereocenters. The highest BCUT2D eigenvalue weighted by Gasteiger charge is 2.26. The first kappa shape index (κ1) is 48.2. The van der Waals surface area contributed by atoms with Gasteiger partial charge in [-0.2, -0.15) is 5.26 Å². The fourth-order valence-electron chi connectivity index (χ4n) is 13.2. The van der Waals surface area contributed by atoms with Crippen molar-refractivity contribution in [3.05, 3.63) is 236 Å². The molecule has 0 unspecified atom stereocenters. The van der Waals surface area contributed by atoms with E-state index in [4.69, 9.17) is 0 Å². The largest absolute Gasteiger partial charge is 0.308 e. The Hall–Kier alpha value is -8.78. The second kappa shape index (κ2) is 18.3. The van der Waals surface area contributed by atoms with Gasteiger partial charge in [0.1, 0.15) is 5.82 Å². The minimum atomic E-state index is -0.357. The van der Waals surface area contributed by atoms with Gasteiger partial charge in [0.05, 0.1) is 45.1 Å². The lowest BCUT2D eigenvalue weighted by molar-refractivity contribution is 0.626. The Morgan fingerprint density at radius 2 is 0.697 bits per heavy atom. The van der Waals surface area contributed by atoms with Crippen LogP contribution in [-0.2, 0) is 0 Å². The van der Waals surface area contributed by atoms with Crippen LogP contribution in [0, 0.1) is 93.3 Å². The maximum Gasteiger partial charge on any atom is 0.127 e. The quantitative estimate of drug-likeness (QED) is 0.157. The highest BCUT2D eigenvalue weighted by atomic mass is 19.1. The van der Waals surface area contributed by atoms with Gasteiger partial charge in [0.15, 0.2) is 0 Å². The van der Waals surface area contributed by atoms with E-state index in [2.05, 4.69) is 219 Å². The molecule has 0 radical (unpaired) electrons. The molecule has 0 fully saturated rings. The number of nitrogens with zero attached hydrogens (tertiary/aromatic N) is 3. The van der Waals surface area contributed by atoms with E-state index >= 15 is 4.39 Å². The first-order valence-electron chi connectivity index (χ1n) is 26.4. The zero-order valence-corrected chi connectivity index (χ0v) is 45.3. The lowest BCUT2D eigenvalue weighted by Crippen LogP contribution is -2.05. The van der Waals surface area contributed by atoms with Crippen LogP contribution in [0.4, 0.5) is 4.39 Å². The molecule has 2 heterocycles. The van der Waals surface area contributed by atoms with Crippen molar-refractivity contribution in [2.75, 3.05) is 0 Å². The summed E-state index contributed by atoms with van der Waals surface area (Å²) in [7, 11) is 0. The Morgan fingerprint density at radius 1 is 0.316 bits per heavy atom. The molecule has 10 aromatic carbocycles. The smallest absolute Gasteiger partial charge is 0.127 e. The topological polar surface area (TPSA) is 33.6 Å². The standard InChI is InChI=1S/C72H60FN3/c1-40-12-21-58(44(5)26-40)53-17-22-59-61-33-54(69-45(6)27-41(2)28-46(69)7)19-24-63(61)75(65(59)35-53)67-37-57(73)38-68(72(67)52-15-13-51(39-74)14-16-52)76-64-25-20-55(70-47(8)29-42(3)30-48(70)9)34-62(64)60-23-18-56(36-66(60)76)71-49(10)31-43(4)32-50(71)11/h12-38H,1-11H3. The van der Waals surface area contributed by atoms with Crippen LogP contribution in [0.25, 0.3) is 111 Å². The van der Waals surface area contributed by atoms with E-state index in [0.29, 0.717) is 16.9 Å². The number of rotatable bonds is 7. The molecule has 0 saturated carbocycles. The molecule has 3 nitrogen and oxygen atoms in total. The zero-order chi connectivity index (χ0) is 53.0. The van der Waals surface area contributed by atoms with Gasteiger partial charge in [0.2, 0.25) is 0 Å². The average molecular weight is 986 g/mol. The molecule has 0 aliphatic heterocycles. The number of hydrogen-bond donors (Lipinski definition) is 0. The molecule has 12 aromatic rings. The number of aromatic nitrogens is 2. The molecule has 0 aliphatic carbocycles. The van der Waals surface area contributed by atoms with Crippen molar-refractivity contribution in [2.24, 2.45) is 0 Å². The highest BCUT2D eigenvalue weighted by molar-refractivity contribution is 6.14. The molecule has 0 spiro atoms. The van der Waals surface area contributed by atoms with Crippen molar-refractivity contribution in [3.63, 3.8) is 0 Å². The maximum absolute atomic E-state index is 17.7. The monoisotopic (exact) mass is 985 g/mol. The molecule has 12 rings (SSSR count). The molecular formula is C72H60FN3. The van der Waals surface area contributed by atoms with Gasteiger partial charge in [0.25, 0.3) is 0 Å². The third-order valence-electron chi connectivity index (χ3n) is 16.0. The molecule has 370 valence electrons. The van der Waals surface area contributed by atoms with Gasteiger partial charge in [-0.15, -0.1) is 0 Å². The number of benzene rings is 10. The van der Waals surface area contributed by atoms with Gasteiger partial charge in [-0.25, -0.2) is 4.39 Å². The van der Waals surface area contributed by atoms with Gasteiger partial charge in [-0.3, -0.25) is 0 Å². The third kappa shape index (κ3) is 7.93. The third-order valence-corrected chi connectivity index (χ3v) is 16.0. The lowest BCUT2D eigenvalue weighted by Gasteiger charge is -2.21. The van der Waals surface area contributed by atoms with Crippen LogP contribution in [-0.4, -0.2) is 9.13 Å². The summed E-state index contributed by atoms with van der Waals surface area (Å²) >= 11 is 0. The summed E-state index contributed by atoms with van der Waals surface area (Å²) < 4.78 is 22.3. The van der Waals surface area contributed by atoms with E-state index in [-0.39, 0.29) is 5.82 Å². The summed E-state index contributed by atoms with van der Waals surface area (Å²) in [6.45, 7) is 23.9. The first-order valence-corrected chi connectivity index (χ1v) is 26.4. The predicted octanol–water partition coefficient (Wildman–Crippen LogP) is 19.6. The highest BCUT2D eigenvalue weighted by Crippen LogP contribution is 2.46. The SMILES string of the molecule is Cc1ccc(-c2ccc3c4cc(-c5c(C)cc(C)cc5C)ccc4n(-c4cc(F)cc(-n5c6ccc(-c7c(C)cc(C)cc7C)cc6c6ccc(-c7c(C)cc(C)cc7C)cc65)c4-c4ccc(C#N)cc4)c3c2)c(C)c1. The van der Waals surface area contributed by atoms with E-state index in [1.54, 1.807) is 12.1 Å². The Bertz CT molecular complexity index is 4400. The molecule has 0 bridgehead atoms. The first-order chi connectivity index (χ1) is 36.5. The summed E-state index contributed by atoms with van der Waals surface area (Å²) in [6, 6.07) is 60.9. The van der Waals surface area contributed by atoms with E-state index in [0.717, 1.165) is 82.6 Å². The summed E-state index contributed by atoms with van der Waals surface area (Å²) in [5.74, 6) is -0.357. The number of fused-ring (bicyclic) bond motifs is 6. The molecule has 0 saturated heterocycles. The van der Waals surface area contributed by atoms with E-state index in [1.165, 1.54) is 77.9 Å². The predicted molar refractivity (Wildman–Crippen MR) is 319 cm³/mol. The second-order valence-corrected chi connectivity index (χ2v) is 21.7. The van der Waals surface area contributed by atoms with Gasteiger partial charge in [0, 0.05) is 27.1 Å². The second-order valence-electron chi connectivity index (χ2n) is 21.7. The van der Waals surface area contributed by atoms with E-state index in [1.807, 2.05) is 24.3 Å². The van der Waals surface area contributed by atoms with Crippen LogP contribution in [0.15, 0.2) is 164 Å². The fraction of sp³-hybridized carbons (Fsp3) is 0.153. The minimum Gasteiger partial charge on any atom is -0.308 e. The molecule has 0 amide bonds. The molecule has 4 heteroatoms. The van der Waals surface area contributed by atoms with Crippen LogP contribution < -0.4 is 0 Å². The number of halogens is 1. The summed E-state index contributed by atoms with van der Waals surface area (Å²) in [5, 5.41) is 14.5. The Labute approximate surface area is 445 Å².